The van der Waals surface area contributed by atoms with Gasteiger partial charge in [-0.05, 0) is 55.0 Å². The molecule has 0 saturated carbocycles. The first-order valence-corrected chi connectivity index (χ1v) is 9.29. The molecule has 126 valence electrons. The highest BCUT2D eigenvalue weighted by Gasteiger charge is 2.25. The lowest BCUT2D eigenvalue weighted by molar-refractivity contribution is 0.0999. The lowest BCUT2D eigenvalue weighted by Gasteiger charge is -2.17. The molecule has 1 aliphatic rings. The molecule has 4 nitrogen and oxygen atoms in total. The molecule has 1 N–H and O–H groups in total. The number of thiophene rings is 1. The number of carbonyl (C=O) groups excluding carboxylic acids is 1. The number of amides is 1. The molecule has 2 aromatic heterocycles. The molecular weight excluding hydrogens is 356 g/mol. The molecule has 2 heterocycles. The summed E-state index contributed by atoms with van der Waals surface area (Å²) in [5.74, 6) is 0.470. The van der Waals surface area contributed by atoms with Gasteiger partial charge in [-0.3, -0.25) is 4.79 Å². The molecule has 25 heavy (non-hydrogen) atoms. The Balaban J connectivity index is 1.65. The maximum atomic E-state index is 12.6. The average Bonchev–Trinajstić information content (AvgIpc) is 3.14. The van der Waals surface area contributed by atoms with Gasteiger partial charge in [0.05, 0.1) is 5.56 Å². The van der Waals surface area contributed by atoms with Crippen LogP contribution in [0.25, 0.3) is 11.0 Å². The number of furan rings is 1. The fourth-order valence-electron chi connectivity index (χ4n) is 3.25. The molecule has 1 amide bonds. The second-order valence-corrected chi connectivity index (χ2v) is 7.96. The number of anilines is 1. The van der Waals surface area contributed by atoms with Crippen molar-refractivity contribution in [3.8, 4) is 6.07 Å². The summed E-state index contributed by atoms with van der Waals surface area (Å²) in [6.45, 7) is 2.21. The van der Waals surface area contributed by atoms with Crippen LogP contribution >= 0.6 is 22.9 Å². The first kappa shape index (κ1) is 16.2. The topological polar surface area (TPSA) is 66.0 Å². The van der Waals surface area contributed by atoms with Crippen LogP contribution in [-0.2, 0) is 12.8 Å². The van der Waals surface area contributed by atoms with Crippen molar-refractivity contribution in [2.45, 2.75) is 26.2 Å². The van der Waals surface area contributed by atoms with Gasteiger partial charge in [0, 0.05) is 15.3 Å². The highest BCUT2D eigenvalue weighted by atomic mass is 35.5. The lowest BCUT2D eigenvalue weighted by Crippen LogP contribution is -2.11. The standard InChI is InChI=1S/C19H15ClN2O2S/c1-10-2-4-13-14(9-21)19(25-17(13)6-10)22-18(23)16-8-11-7-12(20)3-5-15(11)24-16/h3,5,7-8,10H,2,4,6H2,1H3,(H,22,23). The van der Waals surface area contributed by atoms with Crippen LogP contribution in [0.4, 0.5) is 5.00 Å². The Hall–Kier alpha value is -2.29. The molecule has 1 aromatic carbocycles. The van der Waals surface area contributed by atoms with Crippen molar-refractivity contribution < 1.29 is 9.21 Å². The highest BCUT2D eigenvalue weighted by Crippen LogP contribution is 2.39. The third kappa shape index (κ3) is 2.92. The van der Waals surface area contributed by atoms with Crippen LogP contribution in [0.1, 0.15) is 39.9 Å². The van der Waals surface area contributed by atoms with E-state index in [9.17, 15) is 10.1 Å². The number of nitriles is 1. The SMILES string of the molecule is CC1CCc2c(sc(NC(=O)c3cc4cc(Cl)ccc4o3)c2C#N)C1. The predicted molar refractivity (Wildman–Crippen MR) is 99.4 cm³/mol. The van der Waals surface area contributed by atoms with Gasteiger partial charge in [-0.15, -0.1) is 11.3 Å². The van der Waals surface area contributed by atoms with E-state index in [1.807, 2.05) is 0 Å². The van der Waals surface area contributed by atoms with Gasteiger partial charge in [0.2, 0.25) is 0 Å². The largest absolute Gasteiger partial charge is 0.451 e. The van der Waals surface area contributed by atoms with Gasteiger partial charge in [-0.1, -0.05) is 18.5 Å². The summed E-state index contributed by atoms with van der Waals surface area (Å²) in [5, 5.41) is 14.4. The van der Waals surface area contributed by atoms with Gasteiger partial charge in [0.1, 0.15) is 16.7 Å². The van der Waals surface area contributed by atoms with E-state index in [1.54, 1.807) is 24.3 Å². The van der Waals surface area contributed by atoms with Crippen LogP contribution in [0.15, 0.2) is 28.7 Å². The molecule has 0 radical (unpaired) electrons. The minimum absolute atomic E-state index is 0.209. The lowest BCUT2D eigenvalue weighted by atomic mass is 9.89. The molecule has 0 saturated heterocycles. The fourth-order valence-corrected chi connectivity index (χ4v) is 4.78. The van der Waals surface area contributed by atoms with Gasteiger partial charge in [-0.2, -0.15) is 5.26 Å². The zero-order valence-corrected chi connectivity index (χ0v) is 15.1. The van der Waals surface area contributed by atoms with E-state index in [1.165, 1.54) is 16.2 Å². The Morgan fingerprint density at radius 2 is 2.28 bits per heavy atom. The van der Waals surface area contributed by atoms with Crippen LogP contribution in [0.2, 0.25) is 5.02 Å². The third-order valence-electron chi connectivity index (χ3n) is 4.55. The molecule has 0 bridgehead atoms. The normalized spacial score (nSPS) is 16.4. The average molecular weight is 371 g/mol. The number of hydrogen-bond donors (Lipinski definition) is 1. The quantitative estimate of drug-likeness (QED) is 0.657. The van der Waals surface area contributed by atoms with Gasteiger partial charge < -0.3 is 9.73 Å². The second-order valence-electron chi connectivity index (χ2n) is 6.41. The summed E-state index contributed by atoms with van der Waals surface area (Å²) in [7, 11) is 0. The van der Waals surface area contributed by atoms with E-state index in [0.717, 1.165) is 30.2 Å². The van der Waals surface area contributed by atoms with Crippen LogP contribution in [-0.4, -0.2) is 5.91 Å². The van der Waals surface area contributed by atoms with Crippen LogP contribution in [0.3, 0.4) is 0 Å². The van der Waals surface area contributed by atoms with Crippen molar-refractivity contribution in [1.29, 1.82) is 5.26 Å². The second kappa shape index (κ2) is 6.21. The Morgan fingerprint density at radius 3 is 3.08 bits per heavy atom. The first-order valence-electron chi connectivity index (χ1n) is 8.10. The van der Waals surface area contributed by atoms with Crippen molar-refractivity contribution in [3.05, 3.63) is 51.1 Å². The number of fused-ring (bicyclic) bond motifs is 2. The molecule has 4 rings (SSSR count). The van der Waals surface area contributed by atoms with Crippen molar-refractivity contribution in [2.75, 3.05) is 5.32 Å². The number of hydrogen-bond acceptors (Lipinski definition) is 4. The van der Waals surface area contributed by atoms with E-state index in [4.69, 9.17) is 16.0 Å². The molecule has 0 spiro atoms. The maximum Gasteiger partial charge on any atom is 0.292 e. The summed E-state index contributed by atoms with van der Waals surface area (Å²) in [6.07, 6.45) is 2.94. The van der Waals surface area contributed by atoms with Gasteiger partial charge >= 0.3 is 0 Å². The summed E-state index contributed by atoms with van der Waals surface area (Å²) < 4.78 is 5.60. The van der Waals surface area contributed by atoms with E-state index in [2.05, 4.69) is 18.3 Å². The number of nitrogens with zero attached hydrogens (tertiary/aromatic N) is 1. The number of carbonyl (C=O) groups is 1. The number of nitrogens with one attached hydrogen (secondary N) is 1. The van der Waals surface area contributed by atoms with Crippen LogP contribution < -0.4 is 5.32 Å². The Bertz CT molecular complexity index is 1030. The number of rotatable bonds is 2. The molecule has 6 heteroatoms. The first-order chi connectivity index (χ1) is 12.0. The summed E-state index contributed by atoms with van der Waals surface area (Å²) in [5.41, 5.74) is 2.30. The minimum Gasteiger partial charge on any atom is -0.451 e. The zero-order valence-electron chi connectivity index (χ0n) is 13.6. The van der Waals surface area contributed by atoms with E-state index >= 15 is 0 Å². The molecule has 0 fully saturated rings. The van der Waals surface area contributed by atoms with Crippen molar-refractivity contribution in [3.63, 3.8) is 0 Å². The molecular formula is C19H15ClN2O2S. The summed E-state index contributed by atoms with van der Waals surface area (Å²) in [4.78, 5) is 13.8. The third-order valence-corrected chi connectivity index (χ3v) is 5.96. The predicted octanol–water partition coefficient (Wildman–Crippen LogP) is 5.40. The van der Waals surface area contributed by atoms with Crippen molar-refractivity contribution in [1.82, 2.24) is 0 Å². The Morgan fingerprint density at radius 1 is 1.44 bits per heavy atom. The summed E-state index contributed by atoms with van der Waals surface area (Å²) in [6, 6.07) is 9.13. The fraction of sp³-hybridized carbons (Fsp3) is 0.263. The van der Waals surface area contributed by atoms with Gasteiger partial charge in [0.25, 0.3) is 5.91 Å². The number of halogens is 1. The van der Waals surface area contributed by atoms with Crippen LogP contribution in [0, 0.1) is 17.2 Å². The molecule has 0 aliphatic heterocycles. The smallest absolute Gasteiger partial charge is 0.292 e. The van der Waals surface area contributed by atoms with E-state index in [-0.39, 0.29) is 11.7 Å². The Labute approximate surface area is 154 Å². The van der Waals surface area contributed by atoms with Crippen LogP contribution in [0.5, 0.6) is 0 Å². The Kier molecular flexibility index (Phi) is 4.03. The molecule has 1 aliphatic carbocycles. The van der Waals surface area contributed by atoms with Crippen molar-refractivity contribution in [2.24, 2.45) is 5.92 Å². The minimum atomic E-state index is -0.351. The van der Waals surface area contributed by atoms with Gasteiger partial charge in [0.15, 0.2) is 5.76 Å². The molecule has 1 unspecified atom stereocenters. The summed E-state index contributed by atoms with van der Waals surface area (Å²) >= 11 is 7.48. The molecule has 3 aromatic rings. The number of benzene rings is 1. The van der Waals surface area contributed by atoms with E-state index < -0.39 is 0 Å². The zero-order chi connectivity index (χ0) is 17.6. The van der Waals surface area contributed by atoms with E-state index in [0.29, 0.717) is 27.1 Å². The van der Waals surface area contributed by atoms with Gasteiger partial charge in [-0.25, -0.2) is 0 Å². The maximum absolute atomic E-state index is 12.6. The van der Waals surface area contributed by atoms with Crippen molar-refractivity contribution >= 4 is 44.8 Å². The monoisotopic (exact) mass is 370 g/mol. The highest BCUT2D eigenvalue weighted by molar-refractivity contribution is 7.16. The molecule has 1 atom stereocenters.